The highest BCUT2D eigenvalue weighted by Gasteiger charge is 2.34. The van der Waals surface area contributed by atoms with Crippen molar-refractivity contribution in [1.29, 1.82) is 0 Å². The van der Waals surface area contributed by atoms with E-state index in [1.807, 2.05) is 0 Å². The van der Waals surface area contributed by atoms with Crippen LogP contribution in [0.25, 0.3) is 0 Å². The van der Waals surface area contributed by atoms with E-state index < -0.39 is 0 Å². The highest BCUT2D eigenvalue weighted by Crippen LogP contribution is 2.33. The molecule has 0 N–H and O–H groups in total. The van der Waals surface area contributed by atoms with Crippen LogP contribution in [0.5, 0.6) is 0 Å². The minimum Gasteiger partial charge on any atom is -0.303 e. The molecule has 0 aliphatic carbocycles. The Morgan fingerprint density at radius 1 is 1.06 bits per heavy atom. The predicted molar refractivity (Wildman–Crippen MR) is 72.7 cm³/mol. The number of rotatable bonds is 6. The maximum Gasteiger partial charge on any atom is 0.00270 e. The molecule has 16 heavy (non-hydrogen) atoms. The highest BCUT2D eigenvalue weighted by molar-refractivity contribution is 4.87. The van der Waals surface area contributed by atoms with E-state index in [1.165, 1.54) is 45.3 Å². The fourth-order valence-corrected chi connectivity index (χ4v) is 2.36. The first kappa shape index (κ1) is 14.0. The molecule has 1 heterocycles. The van der Waals surface area contributed by atoms with Gasteiger partial charge in [-0.25, -0.2) is 0 Å². The van der Waals surface area contributed by atoms with Crippen molar-refractivity contribution in [3.8, 4) is 0 Å². The lowest BCUT2D eigenvalue weighted by molar-refractivity contribution is 0.0238. The molecule has 0 saturated carbocycles. The molecule has 0 aromatic heterocycles. The maximum atomic E-state index is 2.63. The van der Waals surface area contributed by atoms with Crippen molar-refractivity contribution >= 4 is 0 Å². The SMILES string of the molecule is CC(C)CCCCCN1CC(C(C)(C)C)C1. The van der Waals surface area contributed by atoms with E-state index in [9.17, 15) is 0 Å². The van der Waals surface area contributed by atoms with E-state index in [4.69, 9.17) is 0 Å². The molecule has 0 atom stereocenters. The molecule has 1 aliphatic heterocycles. The lowest BCUT2D eigenvalue weighted by atomic mass is 9.76. The number of likely N-dealkylation sites (tertiary alicyclic amines) is 1. The van der Waals surface area contributed by atoms with Crippen molar-refractivity contribution < 1.29 is 0 Å². The molecular weight excluding hydrogens is 194 g/mol. The average molecular weight is 225 g/mol. The van der Waals surface area contributed by atoms with Gasteiger partial charge in [0.25, 0.3) is 0 Å². The van der Waals surface area contributed by atoms with Gasteiger partial charge in [0.05, 0.1) is 0 Å². The summed E-state index contributed by atoms with van der Waals surface area (Å²) in [6.07, 6.45) is 5.66. The van der Waals surface area contributed by atoms with Crippen molar-refractivity contribution in [3.05, 3.63) is 0 Å². The summed E-state index contributed by atoms with van der Waals surface area (Å²) in [5.41, 5.74) is 0.522. The Bertz CT molecular complexity index is 184. The summed E-state index contributed by atoms with van der Waals surface area (Å²) in [7, 11) is 0. The Morgan fingerprint density at radius 3 is 2.19 bits per heavy atom. The Morgan fingerprint density at radius 2 is 1.69 bits per heavy atom. The van der Waals surface area contributed by atoms with Gasteiger partial charge in [-0.1, -0.05) is 53.9 Å². The van der Waals surface area contributed by atoms with Crippen LogP contribution < -0.4 is 0 Å². The number of unbranched alkanes of at least 4 members (excludes halogenated alkanes) is 2. The summed E-state index contributed by atoms with van der Waals surface area (Å²) in [6, 6.07) is 0. The first-order valence-electron chi connectivity index (χ1n) is 7.12. The lowest BCUT2D eigenvalue weighted by Crippen LogP contribution is -2.52. The fraction of sp³-hybridized carbons (Fsp3) is 1.00. The molecule has 0 amide bonds. The molecule has 0 aromatic rings. The molecule has 1 nitrogen and oxygen atoms in total. The fourth-order valence-electron chi connectivity index (χ4n) is 2.36. The van der Waals surface area contributed by atoms with Gasteiger partial charge in [-0.15, -0.1) is 0 Å². The Balaban J connectivity index is 1.94. The van der Waals surface area contributed by atoms with E-state index in [0.29, 0.717) is 5.41 Å². The maximum absolute atomic E-state index is 2.63. The normalized spacial score (nSPS) is 19.1. The molecule has 1 aliphatic rings. The minimum atomic E-state index is 0.522. The average Bonchev–Trinajstić information content (AvgIpc) is 2.04. The Labute approximate surface area is 103 Å². The Hall–Kier alpha value is -0.0400. The van der Waals surface area contributed by atoms with Crippen LogP contribution in [-0.2, 0) is 0 Å². The van der Waals surface area contributed by atoms with Crippen LogP contribution in [-0.4, -0.2) is 24.5 Å². The van der Waals surface area contributed by atoms with Crippen LogP contribution in [0.3, 0.4) is 0 Å². The van der Waals surface area contributed by atoms with E-state index >= 15 is 0 Å². The first-order chi connectivity index (χ1) is 7.39. The van der Waals surface area contributed by atoms with E-state index in [0.717, 1.165) is 11.8 Å². The second-order valence-electron chi connectivity index (χ2n) is 7.07. The molecule has 0 bridgehead atoms. The quantitative estimate of drug-likeness (QED) is 0.613. The van der Waals surface area contributed by atoms with Crippen LogP contribution in [0, 0.1) is 17.3 Å². The Kier molecular flexibility index (Phi) is 5.30. The summed E-state index contributed by atoms with van der Waals surface area (Å²) in [5.74, 6) is 1.82. The number of nitrogens with zero attached hydrogens (tertiary/aromatic N) is 1. The third-order valence-corrected chi connectivity index (χ3v) is 3.94. The molecular formula is C15H31N. The summed E-state index contributed by atoms with van der Waals surface area (Å²) < 4.78 is 0. The zero-order valence-electron chi connectivity index (χ0n) is 12.1. The van der Waals surface area contributed by atoms with Gasteiger partial charge in [-0.05, 0) is 30.2 Å². The smallest absolute Gasteiger partial charge is 0.00270 e. The van der Waals surface area contributed by atoms with Gasteiger partial charge in [-0.3, -0.25) is 0 Å². The van der Waals surface area contributed by atoms with Gasteiger partial charge in [0, 0.05) is 13.1 Å². The zero-order chi connectivity index (χ0) is 12.2. The monoisotopic (exact) mass is 225 g/mol. The van der Waals surface area contributed by atoms with Crippen LogP contribution in [0.15, 0.2) is 0 Å². The minimum absolute atomic E-state index is 0.522. The molecule has 0 aromatic carbocycles. The van der Waals surface area contributed by atoms with Gasteiger partial charge >= 0.3 is 0 Å². The molecule has 0 unspecified atom stereocenters. The molecule has 96 valence electrons. The molecule has 1 rings (SSSR count). The summed E-state index contributed by atoms with van der Waals surface area (Å²) in [4.78, 5) is 2.63. The van der Waals surface area contributed by atoms with Gasteiger partial charge < -0.3 is 4.90 Å². The molecule has 0 radical (unpaired) electrons. The van der Waals surface area contributed by atoms with Crippen LogP contribution >= 0.6 is 0 Å². The third-order valence-electron chi connectivity index (χ3n) is 3.94. The van der Waals surface area contributed by atoms with E-state index in [-0.39, 0.29) is 0 Å². The second-order valence-corrected chi connectivity index (χ2v) is 7.07. The second kappa shape index (κ2) is 6.05. The number of hydrogen-bond donors (Lipinski definition) is 0. The molecule has 1 heteroatoms. The summed E-state index contributed by atoms with van der Waals surface area (Å²) >= 11 is 0. The van der Waals surface area contributed by atoms with Crippen LogP contribution in [0.1, 0.15) is 60.3 Å². The van der Waals surface area contributed by atoms with E-state index in [1.54, 1.807) is 0 Å². The van der Waals surface area contributed by atoms with Crippen molar-refractivity contribution in [2.45, 2.75) is 60.3 Å². The highest BCUT2D eigenvalue weighted by atomic mass is 15.2. The largest absolute Gasteiger partial charge is 0.303 e. The predicted octanol–water partition coefficient (Wildman–Crippen LogP) is 4.18. The van der Waals surface area contributed by atoms with Crippen LogP contribution in [0.2, 0.25) is 0 Å². The van der Waals surface area contributed by atoms with Gasteiger partial charge in [0.2, 0.25) is 0 Å². The van der Waals surface area contributed by atoms with E-state index in [2.05, 4.69) is 39.5 Å². The summed E-state index contributed by atoms with van der Waals surface area (Å²) in [5, 5.41) is 0. The van der Waals surface area contributed by atoms with Crippen molar-refractivity contribution in [2.24, 2.45) is 17.3 Å². The third kappa shape index (κ3) is 4.86. The standard InChI is InChI=1S/C15H31N/c1-13(2)9-7-6-8-10-16-11-14(12-16)15(3,4)5/h13-14H,6-12H2,1-5H3. The summed E-state index contributed by atoms with van der Waals surface area (Å²) in [6.45, 7) is 15.8. The molecule has 1 fully saturated rings. The zero-order valence-corrected chi connectivity index (χ0v) is 12.1. The van der Waals surface area contributed by atoms with Crippen molar-refractivity contribution in [3.63, 3.8) is 0 Å². The van der Waals surface area contributed by atoms with Crippen molar-refractivity contribution in [2.75, 3.05) is 19.6 Å². The van der Waals surface area contributed by atoms with Crippen molar-refractivity contribution in [1.82, 2.24) is 4.90 Å². The van der Waals surface area contributed by atoms with Gasteiger partial charge in [0.1, 0.15) is 0 Å². The topological polar surface area (TPSA) is 3.24 Å². The molecule has 1 saturated heterocycles. The van der Waals surface area contributed by atoms with Gasteiger partial charge in [0.15, 0.2) is 0 Å². The lowest BCUT2D eigenvalue weighted by Gasteiger charge is -2.46. The number of hydrogen-bond acceptors (Lipinski definition) is 1. The van der Waals surface area contributed by atoms with Crippen LogP contribution in [0.4, 0.5) is 0 Å². The van der Waals surface area contributed by atoms with Gasteiger partial charge in [-0.2, -0.15) is 0 Å². The molecule has 0 spiro atoms. The first-order valence-corrected chi connectivity index (χ1v) is 7.12.